The van der Waals surface area contributed by atoms with E-state index in [0.29, 0.717) is 12.2 Å². The highest BCUT2D eigenvalue weighted by molar-refractivity contribution is 5.78. The van der Waals surface area contributed by atoms with Crippen molar-refractivity contribution in [3.05, 3.63) is 23.8 Å². The average Bonchev–Trinajstić information content (AvgIpc) is 2.36. The lowest BCUT2D eigenvalue weighted by atomic mass is 10.1. The van der Waals surface area contributed by atoms with Crippen LogP contribution in [-0.4, -0.2) is 38.6 Å². The maximum absolute atomic E-state index is 11.5. The lowest BCUT2D eigenvalue weighted by molar-refractivity contribution is -0.124. The van der Waals surface area contributed by atoms with Crippen molar-refractivity contribution < 1.29 is 9.53 Å². The second-order valence-corrected chi connectivity index (χ2v) is 4.83. The highest BCUT2D eigenvalue weighted by atomic mass is 16.5. The van der Waals surface area contributed by atoms with E-state index in [1.807, 2.05) is 26.1 Å². The quantitative estimate of drug-likeness (QED) is 0.756. The summed E-state index contributed by atoms with van der Waals surface area (Å²) in [5, 5.41) is 2.66. The number of carbonyl (C=O) groups excluding carboxylic acids is 1. The zero-order chi connectivity index (χ0) is 14.4. The molecule has 19 heavy (non-hydrogen) atoms. The van der Waals surface area contributed by atoms with Gasteiger partial charge in [-0.1, -0.05) is 6.92 Å². The molecule has 1 amide bonds. The molecule has 1 rings (SSSR count). The first kappa shape index (κ1) is 15.3. The van der Waals surface area contributed by atoms with Gasteiger partial charge in [-0.05, 0) is 24.7 Å². The van der Waals surface area contributed by atoms with Crippen LogP contribution in [0, 0.1) is 5.92 Å². The molecule has 0 aliphatic carbocycles. The third-order valence-electron chi connectivity index (χ3n) is 2.96. The number of benzene rings is 1. The standard InChI is InChI=1S/C14H23N3O2/c1-10(14(18)16-2)8-17(3)9-11-5-12(15)7-13(6-11)19-4/h5-7,10H,8-9,15H2,1-4H3,(H,16,18). The highest BCUT2D eigenvalue weighted by Gasteiger charge is 2.14. The molecule has 0 bridgehead atoms. The Labute approximate surface area is 114 Å². The molecule has 5 nitrogen and oxygen atoms in total. The van der Waals surface area contributed by atoms with Crippen molar-refractivity contribution in [3.8, 4) is 5.75 Å². The number of carbonyl (C=O) groups is 1. The van der Waals surface area contributed by atoms with Crippen LogP contribution in [0.25, 0.3) is 0 Å². The Balaban J connectivity index is 2.63. The fourth-order valence-corrected chi connectivity index (χ4v) is 2.07. The van der Waals surface area contributed by atoms with Crippen molar-refractivity contribution >= 4 is 11.6 Å². The van der Waals surface area contributed by atoms with Gasteiger partial charge in [0, 0.05) is 37.8 Å². The average molecular weight is 265 g/mol. The Morgan fingerprint density at radius 1 is 1.47 bits per heavy atom. The molecule has 0 radical (unpaired) electrons. The van der Waals surface area contributed by atoms with Gasteiger partial charge in [0.2, 0.25) is 5.91 Å². The topological polar surface area (TPSA) is 67.6 Å². The molecule has 0 fully saturated rings. The smallest absolute Gasteiger partial charge is 0.223 e. The predicted octanol–water partition coefficient (Wildman–Crippen LogP) is 1.09. The zero-order valence-corrected chi connectivity index (χ0v) is 12.1. The lowest BCUT2D eigenvalue weighted by Crippen LogP contribution is -2.34. The minimum absolute atomic E-state index is 0.0436. The Bertz CT molecular complexity index is 435. The normalized spacial score (nSPS) is 12.3. The molecule has 5 heteroatoms. The summed E-state index contributed by atoms with van der Waals surface area (Å²) in [6.07, 6.45) is 0. The maximum Gasteiger partial charge on any atom is 0.223 e. The van der Waals surface area contributed by atoms with Crippen LogP contribution in [0.5, 0.6) is 5.75 Å². The number of nitrogens with two attached hydrogens (primary N) is 1. The molecule has 1 unspecified atom stereocenters. The molecular weight excluding hydrogens is 242 g/mol. The van der Waals surface area contributed by atoms with Crippen LogP contribution in [0.1, 0.15) is 12.5 Å². The Hall–Kier alpha value is -1.75. The van der Waals surface area contributed by atoms with E-state index in [-0.39, 0.29) is 11.8 Å². The fraction of sp³-hybridized carbons (Fsp3) is 0.500. The van der Waals surface area contributed by atoms with Crippen molar-refractivity contribution in [2.45, 2.75) is 13.5 Å². The van der Waals surface area contributed by atoms with Crippen LogP contribution >= 0.6 is 0 Å². The van der Waals surface area contributed by atoms with E-state index >= 15 is 0 Å². The summed E-state index contributed by atoms with van der Waals surface area (Å²) < 4.78 is 5.19. The van der Waals surface area contributed by atoms with E-state index in [2.05, 4.69) is 10.2 Å². The Morgan fingerprint density at radius 2 is 2.16 bits per heavy atom. The SMILES string of the molecule is CNC(=O)C(C)CN(C)Cc1cc(N)cc(OC)c1. The fourth-order valence-electron chi connectivity index (χ4n) is 2.07. The van der Waals surface area contributed by atoms with Crippen LogP contribution in [-0.2, 0) is 11.3 Å². The molecule has 1 atom stereocenters. The van der Waals surface area contributed by atoms with Crippen LogP contribution in [0.4, 0.5) is 5.69 Å². The van der Waals surface area contributed by atoms with Crippen molar-refractivity contribution in [2.24, 2.45) is 5.92 Å². The Kier molecular flexibility index (Phi) is 5.63. The molecule has 1 aromatic carbocycles. The van der Waals surface area contributed by atoms with Gasteiger partial charge in [-0.2, -0.15) is 0 Å². The van der Waals surface area contributed by atoms with Gasteiger partial charge in [-0.25, -0.2) is 0 Å². The second-order valence-electron chi connectivity index (χ2n) is 4.83. The minimum atomic E-state index is -0.0436. The third kappa shape index (κ3) is 4.79. The number of amides is 1. The molecule has 0 saturated carbocycles. The van der Waals surface area contributed by atoms with E-state index in [1.165, 1.54) is 0 Å². The third-order valence-corrected chi connectivity index (χ3v) is 2.96. The second kappa shape index (κ2) is 6.99. The number of nitrogens with zero attached hydrogens (tertiary/aromatic N) is 1. The molecule has 1 aromatic rings. The first-order chi connectivity index (χ1) is 8.96. The Morgan fingerprint density at radius 3 is 2.74 bits per heavy atom. The van der Waals surface area contributed by atoms with Gasteiger partial charge in [0.05, 0.1) is 7.11 Å². The monoisotopic (exact) mass is 265 g/mol. The summed E-state index contributed by atoms with van der Waals surface area (Å²) in [5.41, 5.74) is 7.57. The van der Waals surface area contributed by atoms with E-state index in [1.54, 1.807) is 20.2 Å². The van der Waals surface area contributed by atoms with Crippen LogP contribution in [0.2, 0.25) is 0 Å². The summed E-state index contributed by atoms with van der Waals surface area (Å²) in [6.45, 7) is 3.33. The van der Waals surface area contributed by atoms with Crippen molar-refractivity contribution in [2.75, 3.05) is 33.5 Å². The molecule has 106 valence electrons. The van der Waals surface area contributed by atoms with Gasteiger partial charge in [0.15, 0.2) is 0 Å². The van der Waals surface area contributed by atoms with Crippen molar-refractivity contribution in [1.29, 1.82) is 0 Å². The van der Waals surface area contributed by atoms with Gasteiger partial charge >= 0.3 is 0 Å². The van der Waals surface area contributed by atoms with Crippen molar-refractivity contribution in [1.82, 2.24) is 10.2 Å². The van der Waals surface area contributed by atoms with Gasteiger partial charge in [0.25, 0.3) is 0 Å². The summed E-state index contributed by atoms with van der Waals surface area (Å²) in [6, 6.07) is 5.66. The molecule has 0 saturated heterocycles. The summed E-state index contributed by atoms with van der Waals surface area (Å²) in [4.78, 5) is 13.6. The lowest BCUT2D eigenvalue weighted by Gasteiger charge is -2.20. The summed E-state index contributed by atoms with van der Waals surface area (Å²) in [5.74, 6) is 0.762. The number of rotatable bonds is 6. The molecule has 0 aromatic heterocycles. The van der Waals surface area contributed by atoms with E-state index in [4.69, 9.17) is 10.5 Å². The predicted molar refractivity (Wildman–Crippen MR) is 77.0 cm³/mol. The van der Waals surface area contributed by atoms with Gasteiger partial charge in [0.1, 0.15) is 5.75 Å². The van der Waals surface area contributed by atoms with Crippen LogP contribution < -0.4 is 15.8 Å². The maximum atomic E-state index is 11.5. The first-order valence-electron chi connectivity index (χ1n) is 6.29. The van der Waals surface area contributed by atoms with Crippen LogP contribution in [0.3, 0.4) is 0 Å². The molecule has 0 spiro atoms. The minimum Gasteiger partial charge on any atom is -0.497 e. The number of methoxy groups -OCH3 is 1. The van der Waals surface area contributed by atoms with Gasteiger partial charge in [-0.15, -0.1) is 0 Å². The molecule has 0 aliphatic heterocycles. The molecule has 0 heterocycles. The molecule has 3 N–H and O–H groups in total. The van der Waals surface area contributed by atoms with E-state index < -0.39 is 0 Å². The van der Waals surface area contributed by atoms with Crippen molar-refractivity contribution in [3.63, 3.8) is 0 Å². The number of hydrogen-bond donors (Lipinski definition) is 2. The van der Waals surface area contributed by atoms with E-state index in [0.717, 1.165) is 17.9 Å². The summed E-state index contributed by atoms with van der Waals surface area (Å²) in [7, 11) is 5.26. The van der Waals surface area contributed by atoms with Gasteiger partial charge in [-0.3, -0.25) is 4.79 Å². The largest absolute Gasteiger partial charge is 0.497 e. The number of nitrogen functional groups attached to an aromatic ring is 1. The molecule has 0 aliphatic rings. The number of ether oxygens (including phenoxy) is 1. The highest BCUT2D eigenvalue weighted by Crippen LogP contribution is 2.19. The van der Waals surface area contributed by atoms with Crippen LogP contribution in [0.15, 0.2) is 18.2 Å². The first-order valence-corrected chi connectivity index (χ1v) is 6.29. The number of hydrogen-bond acceptors (Lipinski definition) is 4. The number of nitrogens with one attached hydrogen (secondary N) is 1. The molecular formula is C14H23N3O2. The zero-order valence-electron chi connectivity index (χ0n) is 12.1. The van der Waals surface area contributed by atoms with Gasteiger partial charge < -0.3 is 20.7 Å². The summed E-state index contributed by atoms with van der Waals surface area (Å²) >= 11 is 0. The number of anilines is 1. The van der Waals surface area contributed by atoms with E-state index in [9.17, 15) is 4.79 Å².